The highest BCUT2D eigenvalue weighted by atomic mass is 35.5. The maximum absolute atomic E-state index is 12.8. The summed E-state index contributed by atoms with van der Waals surface area (Å²) in [7, 11) is 0. The van der Waals surface area contributed by atoms with E-state index in [9.17, 15) is 9.90 Å². The molecule has 0 bridgehead atoms. The highest BCUT2D eigenvalue weighted by Gasteiger charge is 2.37. The molecule has 2 N–H and O–H groups in total. The third-order valence-corrected chi connectivity index (χ3v) is 4.31. The molecule has 116 valence electrons. The van der Waals surface area contributed by atoms with E-state index >= 15 is 0 Å². The Kier molecular flexibility index (Phi) is 4.50. The van der Waals surface area contributed by atoms with Gasteiger partial charge in [-0.25, -0.2) is 0 Å². The molecule has 0 saturated heterocycles. The minimum Gasteiger partial charge on any atom is -0.394 e. The molecule has 4 nitrogen and oxygen atoms in total. The predicted molar refractivity (Wildman–Crippen MR) is 85.7 cm³/mol. The third kappa shape index (κ3) is 3.34. The molecule has 1 aromatic carbocycles. The molecule has 2 aromatic rings. The van der Waals surface area contributed by atoms with Crippen molar-refractivity contribution in [2.45, 2.75) is 25.4 Å². The summed E-state index contributed by atoms with van der Waals surface area (Å²) in [6.45, 7) is 0.468. The number of halogens is 1. The first-order valence-corrected chi connectivity index (χ1v) is 7.86. The van der Waals surface area contributed by atoms with Crippen molar-refractivity contribution in [1.29, 1.82) is 0 Å². The standard InChI is InChI=1S/C17H19ClN2O2/c18-14-8-15(19-9-14)17(22)20(16(11-21)13-6-7-13)10-12-4-2-1-3-5-12/h1-5,8-9,13,16,19,21H,6-7,10-11H2/t16-/m1/s1. The first-order valence-electron chi connectivity index (χ1n) is 7.48. The number of hydrogen-bond donors (Lipinski definition) is 2. The summed E-state index contributed by atoms with van der Waals surface area (Å²) in [5.41, 5.74) is 1.51. The average molecular weight is 319 g/mol. The monoisotopic (exact) mass is 318 g/mol. The molecule has 1 aliphatic carbocycles. The van der Waals surface area contributed by atoms with Gasteiger partial charge in [-0.05, 0) is 30.4 Å². The lowest BCUT2D eigenvalue weighted by Gasteiger charge is -2.30. The Morgan fingerprint density at radius 3 is 2.64 bits per heavy atom. The number of nitrogens with zero attached hydrogens (tertiary/aromatic N) is 1. The van der Waals surface area contributed by atoms with E-state index in [1.807, 2.05) is 30.3 Å². The van der Waals surface area contributed by atoms with Crippen molar-refractivity contribution in [3.63, 3.8) is 0 Å². The number of carbonyl (C=O) groups is 1. The van der Waals surface area contributed by atoms with Crippen molar-refractivity contribution in [3.8, 4) is 0 Å². The van der Waals surface area contributed by atoms with Gasteiger partial charge in [-0.15, -0.1) is 0 Å². The molecule has 1 heterocycles. The summed E-state index contributed by atoms with van der Waals surface area (Å²) >= 11 is 5.91. The minimum absolute atomic E-state index is 0.0162. The fourth-order valence-corrected chi connectivity index (χ4v) is 2.91. The second-order valence-electron chi connectivity index (χ2n) is 5.74. The Bertz CT molecular complexity index is 637. The van der Waals surface area contributed by atoms with E-state index in [0.717, 1.165) is 18.4 Å². The molecule has 0 unspecified atom stereocenters. The largest absolute Gasteiger partial charge is 0.394 e. The Labute approximate surface area is 134 Å². The first kappa shape index (κ1) is 15.1. The Morgan fingerprint density at radius 2 is 2.09 bits per heavy atom. The molecule has 0 aliphatic heterocycles. The molecule has 1 amide bonds. The average Bonchev–Trinajstić information content (AvgIpc) is 3.28. The number of aliphatic hydroxyl groups is 1. The molecule has 1 aliphatic rings. The zero-order chi connectivity index (χ0) is 15.5. The fourth-order valence-electron chi connectivity index (χ4n) is 2.75. The van der Waals surface area contributed by atoms with E-state index in [2.05, 4.69) is 4.98 Å². The van der Waals surface area contributed by atoms with Gasteiger partial charge in [-0.3, -0.25) is 4.79 Å². The highest BCUT2D eigenvalue weighted by Crippen LogP contribution is 2.36. The molecule has 5 heteroatoms. The van der Waals surface area contributed by atoms with Crippen molar-refractivity contribution in [1.82, 2.24) is 9.88 Å². The second kappa shape index (κ2) is 6.55. The van der Waals surface area contributed by atoms with Crippen LogP contribution in [0.4, 0.5) is 0 Å². The van der Waals surface area contributed by atoms with E-state index in [1.165, 1.54) is 0 Å². The lowest BCUT2D eigenvalue weighted by Crippen LogP contribution is -2.43. The van der Waals surface area contributed by atoms with Crippen LogP contribution in [0.2, 0.25) is 5.02 Å². The number of aromatic amines is 1. The number of carbonyl (C=O) groups excluding carboxylic acids is 1. The van der Waals surface area contributed by atoms with Crippen LogP contribution in [-0.4, -0.2) is 33.5 Å². The summed E-state index contributed by atoms with van der Waals surface area (Å²) in [6, 6.07) is 11.3. The SMILES string of the molecule is O=C(c1cc(Cl)c[nH]1)N(Cc1ccccc1)[C@H](CO)C1CC1. The number of aliphatic hydroxyl groups excluding tert-OH is 1. The van der Waals surface area contributed by atoms with Crippen molar-refractivity contribution < 1.29 is 9.90 Å². The van der Waals surface area contributed by atoms with Gasteiger partial charge in [-0.1, -0.05) is 41.9 Å². The number of nitrogens with one attached hydrogen (secondary N) is 1. The van der Waals surface area contributed by atoms with Gasteiger partial charge in [0.15, 0.2) is 0 Å². The van der Waals surface area contributed by atoms with Gasteiger partial charge < -0.3 is 15.0 Å². The summed E-state index contributed by atoms with van der Waals surface area (Å²) in [4.78, 5) is 17.5. The second-order valence-corrected chi connectivity index (χ2v) is 6.17. The Balaban J connectivity index is 1.86. The first-order chi connectivity index (χ1) is 10.7. The van der Waals surface area contributed by atoms with Crippen LogP contribution in [0.5, 0.6) is 0 Å². The molecule has 1 saturated carbocycles. The zero-order valence-electron chi connectivity index (χ0n) is 12.2. The topological polar surface area (TPSA) is 56.3 Å². The summed E-state index contributed by atoms with van der Waals surface area (Å²) in [6.07, 6.45) is 3.73. The van der Waals surface area contributed by atoms with Gasteiger partial charge in [0.1, 0.15) is 5.69 Å². The van der Waals surface area contributed by atoms with Gasteiger partial charge in [0.25, 0.3) is 5.91 Å². The lowest BCUT2D eigenvalue weighted by atomic mass is 10.1. The van der Waals surface area contributed by atoms with Crippen molar-refractivity contribution in [2.75, 3.05) is 6.61 Å². The third-order valence-electron chi connectivity index (χ3n) is 4.09. The van der Waals surface area contributed by atoms with E-state index < -0.39 is 0 Å². The smallest absolute Gasteiger partial charge is 0.270 e. The van der Waals surface area contributed by atoms with E-state index in [-0.39, 0.29) is 18.6 Å². The maximum atomic E-state index is 12.8. The normalized spacial score (nSPS) is 15.5. The number of rotatable bonds is 6. The maximum Gasteiger partial charge on any atom is 0.270 e. The number of aromatic nitrogens is 1. The van der Waals surface area contributed by atoms with Gasteiger partial charge in [0.05, 0.1) is 17.7 Å². The van der Waals surface area contributed by atoms with Crippen LogP contribution in [0, 0.1) is 5.92 Å². The zero-order valence-corrected chi connectivity index (χ0v) is 13.0. The number of H-pyrrole nitrogens is 1. The van der Waals surface area contributed by atoms with Crippen LogP contribution in [0.3, 0.4) is 0 Å². The van der Waals surface area contributed by atoms with Crippen LogP contribution in [0.1, 0.15) is 28.9 Å². The quantitative estimate of drug-likeness (QED) is 0.860. The van der Waals surface area contributed by atoms with Crippen LogP contribution in [0.25, 0.3) is 0 Å². The molecule has 3 rings (SSSR count). The Hall–Kier alpha value is -1.78. The molecular formula is C17H19ClN2O2. The summed E-state index contributed by atoms with van der Waals surface area (Å²) in [5, 5.41) is 10.3. The van der Waals surface area contributed by atoms with E-state index in [0.29, 0.717) is 23.2 Å². The fraction of sp³-hybridized carbons (Fsp3) is 0.353. The van der Waals surface area contributed by atoms with Gasteiger partial charge in [0, 0.05) is 12.7 Å². The van der Waals surface area contributed by atoms with Gasteiger partial charge >= 0.3 is 0 Å². The molecule has 1 atom stereocenters. The summed E-state index contributed by atoms with van der Waals surface area (Å²) in [5.74, 6) is 0.268. The minimum atomic E-state index is -0.144. The van der Waals surface area contributed by atoms with Crippen molar-refractivity contribution >= 4 is 17.5 Å². The molecule has 1 aromatic heterocycles. The molecule has 0 radical (unpaired) electrons. The molecular weight excluding hydrogens is 300 g/mol. The van der Waals surface area contributed by atoms with Gasteiger partial charge in [0.2, 0.25) is 0 Å². The predicted octanol–water partition coefficient (Wildman–Crippen LogP) is 3.08. The van der Waals surface area contributed by atoms with Crippen molar-refractivity contribution in [3.05, 3.63) is 58.9 Å². The number of amides is 1. The van der Waals surface area contributed by atoms with E-state index in [1.54, 1.807) is 17.2 Å². The van der Waals surface area contributed by atoms with Crippen LogP contribution >= 0.6 is 11.6 Å². The van der Waals surface area contributed by atoms with Crippen LogP contribution in [-0.2, 0) is 6.54 Å². The Morgan fingerprint density at radius 1 is 1.36 bits per heavy atom. The summed E-state index contributed by atoms with van der Waals surface area (Å²) < 4.78 is 0. The van der Waals surface area contributed by atoms with Crippen LogP contribution in [0.15, 0.2) is 42.6 Å². The molecule has 1 fully saturated rings. The molecule has 0 spiro atoms. The van der Waals surface area contributed by atoms with Crippen LogP contribution < -0.4 is 0 Å². The van der Waals surface area contributed by atoms with E-state index in [4.69, 9.17) is 11.6 Å². The lowest BCUT2D eigenvalue weighted by molar-refractivity contribution is 0.0526. The number of benzene rings is 1. The highest BCUT2D eigenvalue weighted by molar-refractivity contribution is 6.30. The molecule has 22 heavy (non-hydrogen) atoms. The van der Waals surface area contributed by atoms with Gasteiger partial charge in [-0.2, -0.15) is 0 Å². The van der Waals surface area contributed by atoms with Crippen molar-refractivity contribution in [2.24, 2.45) is 5.92 Å². The number of hydrogen-bond acceptors (Lipinski definition) is 2.